The molecule has 5 nitrogen and oxygen atoms in total. The molecule has 1 aliphatic carbocycles. The second-order valence-electron chi connectivity index (χ2n) is 7.04. The molecule has 2 N–H and O–H groups in total. The lowest BCUT2D eigenvalue weighted by Gasteiger charge is -2.26. The van der Waals surface area contributed by atoms with Gasteiger partial charge in [-0.1, -0.05) is 6.07 Å². The summed E-state index contributed by atoms with van der Waals surface area (Å²) < 4.78 is 80.2. The molecule has 3 rings (SSSR count). The second kappa shape index (κ2) is 9.22. The third-order valence-electron chi connectivity index (χ3n) is 4.80. The second-order valence-corrected chi connectivity index (χ2v) is 8.73. The number of nitrogens with one attached hydrogen (secondary N) is 2. The zero-order chi connectivity index (χ0) is 21.8. The van der Waals surface area contributed by atoms with Crippen LogP contribution in [0, 0.1) is 0 Å². The maximum absolute atomic E-state index is 12.6. The quantitative estimate of drug-likeness (QED) is 0.471. The Kier molecular flexibility index (Phi) is 6.87. The van der Waals surface area contributed by atoms with E-state index in [0.717, 1.165) is 54.7 Å². The van der Waals surface area contributed by atoms with Crippen molar-refractivity contribution in [2.45, 2.75) is 43.0 Å². The van der Waals surface area contributed by atoms with E-state index in [0.29, 0.717) is 18.7 Å². The molecule has 0 amide bonds. The van der Waals surface area contributed by atoms with Crippen molar-refractivity contribution in [2.24, 2.45) is 0 Å². The summed E-state index contributed by atoms with van der Waals surface area (Å²) in [5, 5.41) is 3.32. The number of sulfonamides is 1. The average molecular weight is 446 g/mol. The molecule has 0 aliphatic heterocycles. The van der Waals surface area contributed by atoms with E-state index >= 15 is 0 Å². The number of fused-ring (bicyclic) bond motifs is 1. The highest BCUT2D eigenvalue weighted by molar-refractivity contribution is 7.92. The lowest BCUT2D eigenvalue weighted by atomic mass is 9.88. The molecule has 1 atom stereocenters. The Morgan fingerprint density at radius 1 is 1.07 bits per heavy atom. The van der Waals surface area contributed by atoms with Gasteiger partial charge in [0, 0.05) is 11.7 Å². The molecule has 0 saturated carbocycles. The first-order valence-corrected chi connectivity index (χ1v) is 10.9. The third kappa shape index (κ3) is 6.09. The topological polar surface area (TPSA) is 67.4 Å². The van der Waals surface area contributed by atoms with E-state index in [1.165, 1.54) is 0 Å². The van der Waals surface area contributed by atoms with Gasteiger partial charge in [-0.25, -0.2) is 8.42 Å². The van der Waals surface area contributed by atoms with Crippen LogP contribution in [0.1, 0.15) is 24.0 Å². The fraction of sp³-hybridized carbons (Fsp3) is 0.400. The number of rotatable bonds is 8. The molecule has 0 saturated heterocycles. The number of hydrogen-bond acceptors (Lipinski definition) is 4. The molecule has 0 bridgehead atoms. The van der Waals surface area contributed by atoms with Gasteiger partial charge in [-0.05, 0) is 79.8 Å². The summed E-state index contributed by atoms with van der Waals surface area (Å²) in [6.45, 7) is 0.277. The Morgan fingerprint density at radius 2 is 1.80 bits per heavy atom. The summed E-state index contributed by atoms with van der Waals surface area (Å²) in [7, 11) is -3.96. The molecule has 0 spiro atoms. The van der Waals surface area contributed by atoms with Crippen LogP contribution >= 0.6 is 0 Å². The van der Waals surface area contributed by atoms with Gasteiger partial charge in [-0.15, -0.1) is 13.2 Å². The number of ether oxygens (including phenoxy) is 1. The lowest BCUT2D eigenvalue weighted by Crippen LogP contribution is -2.35. The summed E-state index contributed by atoms with van der Waals surface area (Å²) in [6, 6.07) is 9.55. The first-order valence-electron chi connectivity index (χ1n) is 9.46. The Morgan fingerprint density at radius 3 is 2.47 bits per heavy atom. The van der Waals surface area contributed by atoms with E-state index in [4.69, 9.17) is 0 Å². The molecule has 1 unspecified atom stereocenters. The maximum atomic E-state index is 12.6. The zero-order valence-electron chi connectivity index (χ0n) is 16.0. The van der Waals surface area contributed by atoms with Gasteiger partial charge in [0.1, 0.15) is 5.75 Å². The van der Waals surface area contributed by atoms with Gasteiger partial charge < -0.3 is 10.1 Å². The third-order valence-corrected chi connectivity index (χ3v) is 6.20. The molecule has 0 fully saturated rings. The molecule has 30 heavy (non-hydrogen) atoms. The van der Waals surface area contributed by atoms with Crippen LogP contribution in [0.5, 0.6) is 5.75 Å². The van der Waals surface area contributed by atoms with Crippen LogP contribution in [0.3, 0.4) is 0 Å². The van der Waals surface area contributed by atoms with E-state index in [1.54, 1.807) is 12.1 Å². The van der Waals surface area contributed by atoms with Crippen LogP contribution in [-0.2, 0) is 22.9 Å². The van der Waals surface area contributed by atoms with Crippen molar-refractivity contribution in [1.29, 1.82) is 0 Å². The number of benzene rings is 2. The fourth-order valence-corrected chi connectivity index (χ4v) is 4.45. The molecule has 0 radical (unpaired) electrons. The minimum Gasteiger partial charge on any atom is -0.406 e. The van der Waals surface area contributed by atoms with Crippen molar-refractivity contribution in [2.75, 3.05) is 17.9 Å². The van der Waals surface area contributed by atoms with Crippen LogP contribution in [0.15, 0.2) is 47.4 Å². The molecule has 2 aromatic rings. The van der Waals surface area contributed by atoms with E-state index in [1.807, 2.05) is 6.07 Å². The maximum Gasteiger partial charge on any atom is 0.573 e. The lowest BCUT2D eigenvalue weighted by molar-refractivity contribution is -0.274. The van der Waals surface area contributed by atoms with Crippen LogP contribution in [0.2, 0.25) is 0 Å². The number of alkyl halides is 4. The van der Waals surface area contributed by atoms with Gasteiger partial charge in [0.25, 0.3) is 10.0 Å². The van der Waals surface area contributed by atoms with Crippen molar-refractivity contribution in [3.05, 3.63) is 53.6 Å². The Balaban J connectivity index is 1.66. The summed E-state index contributed by atoms with van der Waals surface area (Å²) in [5.41, 5.74) is 2.52. The van der Waals surface area contributed by atoms with Gasteiger partial charge in [-0.2, -0.15) is 0 Å². The fourth-order valence-electron chi connectivity index (χ4n) is 3.40. The highest BCUT2D eigenvalue weighted by atomic mass is 32.2. The zero-order valence-corrected chi connectivity index (χ0v) is 16.8. The van der Waals surface area contributed by atoms with E-state index in [-0.39, 0.29) is 17.6 Å². The predicted octanol–water partition coefficient (Wildman–Crippen LogP) is 4.19. The largest absolute Gasteiger partial charge is 0.573 e. The number of anilines is 1. The molecular weight excluding hydrogens is 424 g/mol. The summed E-state index contributed by atoms with van der Waals surface area (Å²) in [5.74, 6) is -0.495. The average Bonchev–Trinajstić information content (AvgIpc) is 2.67. The normalized spacial score (nSPS) is 16.7. The summed E-state index contributed by atoms with van der Waals surface area (Å²) in [6.07, 6.45) is -1.94. The monoisotopic (exact) mass is 446 g/mol. The Hall–Kier alpha value is -2.33. The molecule has 0 aromatic heterocycles. The summed E-state index contributed by atoms with van der Waals surface area (Å²) in [4.78, 5) is -0.174. The van der Waals surface area contributed by atoms with Gasteiger partial charge in [0.2, 0.25) is 0 Å². The van der Waals surface area contributed by atoms with E-state index in [9.17, 15) is 26.0 Å². The SMILES string of the molecule is O=S(=O)(Nc1ccc2c(c1)CCC(NCCCF)C2)c1ccc(OC(F)(F)F)cc1. The number of hydrogen-bond donors (Lipinski definition) is 2. The number of halogens is 4. The van der Waals surface area contributed by atoms with Gasteiger partial charge in [0.05, 0.1) is 11.6 Å². The highest BCUT2D eigenvalue weighted by Gasteiger charge is 2.31. The van der Waals surface area contributed by atoms with Gasteiger partial charge in [-0.3, -0.25) is 9.11 Å². The molecule has 0 heterocycles. The smallest absolute Gasteiger partial charge is 0.406 e. The minimum atomic E-state index is -4.84. The van der Waals surface area contributed by atoms with Crippen molar-refractivity contribution in [3.63, 3.8) is 0 Å². The standard InChI is InChI=1S/C20H22F4N2O3S/c21-10-1-11-25-16-4-2-15-13-17(5-3-14(15)12-16)26-30(27,28)19-8-6-18(7-9-19)29-20(22,23)24/h3,5-9,13,16,25-26H,1-2,4,10-12H2. The first kappa shape index (κ1) is 22.4. The van der Waals surface area contributed by atoms with Crippen LogP contribution in [0.4, 0.5) is 23.2 Å². The van der Waals surface area contributed by atoms with Gasteiger partial charge in [0.15, 0.2) is 0 Å². The molecule has 164 valence electrons. The molecule has 10 heteroatoms. The Labute approximate surface area is 172 Å². The minimum absolute atomic E-state index is 0.174. The van der Waals surface area contributed by atoms with E-state index < -0.39 is 22.1 Å². The van der Waals surface area contributed by atoms with Gasteiger partial charge >= 0.3 is 6.36 Å². The molecule has 1 aliphatic rings. The van der Waals surface area contributed by atoms with Crippen molar-refractivity contribution >= 4 is 15.7 Å². The van der Waals surface area contributed by atoms with Crippen molar-refractivity contribution in [1.82, 2.24) is 5.32 Å². The van der Waals surface area contributed by atoms with Crippen LogP contribution < -0.4 is 14.8 Å². The van der Waals surface area contributed by atoms with Crippen LogP contribution in [-0.4, -0.2) is 34.0 Å². The molecular formula is C20H22F4N2O3S. The highest BCUT2D eigenvalue weighted by Crippen LogP contribution is 2.27. The first-order chi connectivity index (χ1) is 14.2. The van der Waals surface area contributed by atoms with Crippen LogP contribution in [0.25, 0.3) is 0 Å². The van der Waals surface area contributed by atoms with Crippen molar-refractivity contribution in [3.8, 4) is 5.75 Å². The molecule has 2 aromatic carbocycles. The van der Waals surface area contributed by atoms with E-state index in [2.05, 4.69) is 14.8 Å². The summed E-state index contributed by atoms with van der Waals surface area (Å²) >= 11 is 0. The van der Waals surface area contributed by atoms with Crippen molar-refractivity contribution < 1.29 is 30.7 Å². The Bertz CT molecular complexity index is 963. The number of aryl methyl sites for hydroxylation is 1. The predicted molar refractivity (Wildman–Crippen MR) is 105 cm³/mol.